The summed E-state index contributed by atoms with van der Waals surface area (Å²) < 4.78 is 4.55. The minimum atomic E-state index is -1.41. The highest BCUT2D eigenvalue weighted by Gasteiger charge is 2.12. The molecule has 0 aliphatic heterocycles. The zero-order valence-electron chi connectivity index (χ0n) is 10.7. The van der Waals surface area contributed by atoms with E-state index in [1.165, 1.54) is 6.07 Å². The molecule has 0 amide bonds. The largest absolute Gasteiger partial charge is 0.512 e. The van der Waals surface area contributed by atoms with Crippen molar-refractivity contribution in [2.45, 2.75) is 6.42 Å². The van der Waals surface area contributed by atoms with E-state index in [-0.39, 0.29) is 10.6 Å². The van der Waals surface area contributed by atoms with Gasteiger partial charge >= 0.3 is 6.16 Å². The SMILES string of the molecule is O=C(O)Oc1cc2c(=O)[nH]c(Cc3ccccc3)nc2s1. The molecule has 0 saturated carbocycles. The second-order valence-corrected chi connectivity index (χ2v) is 5.32. The fraction of sp³-hybridized carbons (Fsp3) is 0.0714. The van der Waals surface area contributed by atoms with E-state index in [0.717, 1.165) is 16.9 Å². The van der Waals surface area contributed by atoms with Crippen LogP contribution in [0.3, 0.4) is 0 Å². The fourth-order valence-corrected chi connectivity index (χ4v) is 2.86. The van der Waals surface area contributed by atoms with Crippen LogP contribution in [-0.2, 0) is 6.42 Å². The van der Waals surface area contributed by atoms with Gasteiger partial charge in [0, 0.05) is 12.5 Å². The number of hydrogen-bond acceptors (Lipinski definition) is 5. The number of hydrogen-bond donors (Lipinski definition) is 2. The summed E-state index contributed by atoms with van der Waals surface area (Å²) in [4.78, 5) is 30.0. The second-order valence-electron chi connectivity index (χ2n) is 4.33. The van der Waals surface area contributed by atoms with Crippen LogP contribution in [0.1, 0.15) is 11.4 Å². The van der Waals surface area contributed by atoms with Crippen LogP contribution in [0, 0.1) is 0 Å². The van der Waals surface area contributed by atoms with Crippen molar-refractivity contribution in [3.8, 4) is 5.06 Å². The molecule has 0 radical (unpaired) electrons. The number of aromatic amines is 1. The predicted molar refractivity (Wildman–Crippen MR) is 78.1 cm³/mol. The van der Waals surface area contributed by atoms with Gasteiger partial charge in [-0.25, -0.2) is 9.78 Å². The first kappa shape index (κ1) is 13.3. The molecule has 21 heavy (non-hydrogen) atoms. The van der Waals surface area contributed by atoms with Gasteiger partial charge in [-0.05, 0) is 5.56 Å². The van der Waals surface area contributed by atoms with E-state index >= 15 is 0 Å². The Morgan fingerprint density at radius 1 is 1.33 bits per heavy atom. The van der Waals surface area contributed by atoms with Crippen LogP contribution >= 0.6 is 11.3 Å². The summed E-state index contributed by atoms with van der Waals surface area (Å²) in [5, 5.41) is 9.05. The molecular weight excluding hydrogens is 292 g/mol. The van der Waals surface area contributed by atoms with Gasteiger partial charge < -0.3 is 14.8 Å². The summed E-state index contributed by atoms with van der Waals surface area (Å²) in [6, 6.07) is 11.0. The van der Waals surface area contributed by atoms with Crippen molar-refractivity contribution in [2.75, 3.05) is 0 Å². The van der Waals surface area contributed by atoms with E-state index in [4.69, 9.17) is 5.11 Å². The summed E-state index contributed by atoms with van der Waals surface area (Å²) in [5.74, 6) is 0.530. The Labute approximate surface area is 122 Å². The maximum Gasteiger partial charge on any atom is 0.512 e. The lowest BCUT2D eigenvalue weighted by Crippen LogP contribution is -2.10. The van der Waals surface area contributed by atoms with Crippen molar-refractivity contribution >= 4 is 27.7 Å². The lowest BCUT2D eigenvalue weighted by Gasteiger charge is -2.00. The molecule has 2 aromatic heterocycles. The van der Waals surface area contributed by atoms with Crippen LogP contribution in [0.2, 0.25) is 0 Å². The van der Waals surface area contributed by atoms with Gasteiger partial charge in [-0.15, -0.1) is 0 Å². The van der Waals surface area contributed by atoms with Crippen molar-refractivity contribution in [1.82, 2.24) is 9.97 Å². The molecule has 2 heterocycles. The van der Waals surface area contributed by atoms with Crippen LogP contribution in [-0.4, -0.2) is 21.2 Å². The Morgan fingerprint density at radius 2 is 2.10 bits per heavy atom. The zero-order chi connectivity index (χ0) is 14.8. The Balaban J connectivity index is 1.98. The van der Waals surface area contributed by atoms with E-state index in [0.29, 0.717) is 22.5 Å². The minimum Gasteiger partial charge on any atom is -0.449 e. The smallest absolute Gasteiger partial charge is 0.449 e. The molecule has 0 unspecified atom stereocenters. The highest BCUT2D eigenvalue weighted by molar-refractivity contribution is 7.20. The number of rotatable bonds is 3. The first-order valence-electron chi connectivity index (χ1n) is 6.09. The minimum absolute atomic E-state index is 0.132. The van der Waals surface area contributed by atoms with Crippen LogP contribution in [0.15, 0.2) is 41.2 Å². The summed E-state index contributed by atoms with van der Waals surface area (Å²) in [7, 11) is 0. The molecule has 0 fully saturated rings. The van der Waals surface area contributed by atoms with E-state index in [2.05, 4.69) is 14.7 Å². The summed E-state index contributed by atoms with van der Waals surface area (Å²) in [6.45, 7) is 0. The van der Waals surface area contributed by atoms with Gasteiger partial charge in [0.25, 0.3) is 5.56 Å². The average Bonchev–Trinajstić information content (AvgIpc) is 2.82. The highest BCUT2D eigenvalue weighted by Crippen LogP contribution is 2.28. The number of carboxylic acid groups (broad SMARTS) is 1. The maximum absolute atomic E-state index is 12.0. The van der Waals surface area contributed by atoms with Crippen molar-refractivity contribution in [1.29, 1.82) is 0 Å². The van der Waals surface area contributed by atoms with Gasteiger partial charge in [0.2, 0.25) is 0 Å². The molecule has 6 nitrogen and oxygen atoms in total. The molecule has 0 saturated heterocycles. The van der Waals surface area contributed by atoms with Gasteiger partial charge in [0.1, 0.15) is 10.7 Å². The molecule has 0 aliphatic carbocycles. The van der Waals surface area contributed by atoms with Crippen molar-refractivity contribution < 1.29 is 14.6 Å². The third-order valence-electron chi connectivity index (χ3n) is 2.83. The molecule has 0 spiro atoms. The monoisotopic (exact) mass is 302 g/mol. The topological polar surface area (TPSA) is 92.3 Å². The highest BCUT2D eigenvalue weighted by atomic mass is 32.1. The maximum atomic E-state index is 12.0. The number of nitrogens with zero attached hydrogens (tertiary/aromatic N) is 1. The summed E-state index contributed by atoms with van der Waals surface area (Å²) in [6.07, 6.45) is -0.915. The molecule has 3 rings (SSSR count). The predicted octanol–water partition coefficient (Wildman–Crippen LogP) is 2.63. The molecule has 7 heteroatoms. The molecule has 2 N–H and O–H groups in total. The number of fused-ring (bicyclic) bond motifs is 1. The van der Waals surface area contributed by atoms with Gasteiger partial charge in [0.15, 0.2) is 5.06 Å². The number of benzene rings is 1. The fourth-order valence-electron chi connectivity index (χ4n) is 1.96. The lowest BCUT2D eigenvalue weighted by molar-refractivity contribution is 0.146. The lowest BCUT2D eigenvalue weighted by atomic mass is 10.1. The summed E-state index contributed by atoms with van der Waals surface area (Å²) >= 11 is 1.03. The molecule has 0 atom stereocenters. The number of nitrogens with one attached hydrogen (secondary N) is 1. The molecule has 106 valence electrons. The molecule has 0 bridgehead atoms. The van der Waals surface area contributed by atoms with Crippen LogP contribution < -0.4 is 10.3 Å². The third-order valence-corrected chi connectivity index (χ3v) is 3.74. The molecule has 0 aliphatic rings. The molecular formula is C14H10N2O4S. The van der Waals surface area contributed by atoms with E-state index in [1.54, 1.807) is 0 Å². The van der Waals surface area contributed by atoms with Crippen molar-refractivity contribution in [3.63, 3.8) is 0 Å². The Hall–Kier alpha value is -2.67. The van der Waals surface area contributed by atoms with Gasteiger partial charge in [-0.1, -0.05) is 41.7 Å². The second kappa shape index (κ2) is 5.37. The number of aromatic nitrogens is 2. The van der Waals surface area contributed by atoms with Gasteiger partial charge in [-0.3, -0.25) is 4.79 Å². The first-order valence-corrected chi connectivity index (χ1v) is 6.91. The van der Waals surface area contributed by atoms with E-state index < -0.39 is 6.16 Å². The van der Waals surface area contributed by atoms with E-state index in [9.17, 15) is 9.59 Å². The van der Waals surface area contributed by atoms with Crippen molar-refractivity contribution in [3.05, 3.63) is 58.1 Å². The Kier molecular flexibility index (Phi) is 3.41. The Morgan fingerprint density at radius 3 is 2.81 bits per heavy atom. The van der Waals surface area contributed by atoms with Crippen molar-refractivity contribution in [2.24, 2.45) is 0 Å². The first-order chi connectivity index (χ1) is 10.1. The number of thiophene rings is 1. The summed E-state index contributed by atoms with van der Waals surface area (Å²) in [5.41, 5.74) is 0.723. The quantitative estimate of drug-likeness (QED) is 0.726. The number of carbonyl (C=O) groups is 1. The van der Waals surface area contributed by atoms with Crippen LogP contribution in [0.25, 0.3) is 10.2 Å². The molecule has 3 aromatic rings. The van der Waals surface area contributed by atoms with Crippen LogP contribution in [0.5, 0.6) is 5.06 Å². The van der Waals surface area contributed by atoms with E-state index in [1.807, 2.05) is 30.3 Å². The van der Waals surface area contributed by atoms with Gasteiger partial charge in [0.05, 0.1) is 5.39 Å². The Bertz CT molecular complexity index is 854. The number of H-pyrrole nitrogens is 1. The normalized spacial score (nSPS) is 10.7. The number of ether oxygens (including phenoxy) is 1. The standard InChI is InChI=1S/C14H10N2O4S/c17-12-9-7-11(20-14(18)19)21-13(9)16-10(15-12)6-8-4-2-1-3-5-8/h1-5,7H,6H2,(H,18,19)(H,15,16,17). The van der Waals surface area contributed by atoms with Gasteiger partial charge in [-0.2, -0.15) is 0 Å². The third kappa shape index (κ3) is 2.92. The average molecular weight is 302 g/mol. The van der Waals surface area contributed by atoms with Crippen LogP contribution in [0.4, 0.5) is 4.79 Å². The molecule has 1 aromatic carbocycles. The zero-order valence-corrected chi connectivity index (χ0v) is 11.5.